The third-order valence-electron chi connectivity index (χ3n) is 10.1. The Labute approximate surface area is 290 Å². The molecule has 3 nitrogen and oxygen atoms in total. The van der Waals surface area contributed by atoms with E-state index in [2.05, 4.69) is 152 Å². The molecular formula is C46H26N2OS. The molecule has 11 rings (SSSR count). The highest BCUT2D eigenvalue weighted by molar-refractivity contribution is 7.26. The van der Waals surface area contributed by atoms with Crippen molar-refractivity contribution in [3.8, 4) is 33.8 Å². The zero-order valence-electron chi connectivity index (χ0n) is 26.7. The lowest BCUT2D eigenvalue weighted by Crippen LogP contribution is -1.95. The Balaban J connectivity index is 1.23. The zero-order chi connectivity index (χ0) is 32.8. The van der Waals surface area contributed by atoms with E-state index in [0.717, 1.165) is 65.5 Å². The number of benzene rings is 8. The molecule has 0 radical (unpaired) electrons. The maximum atomic E-state index is 6.81. The lowest BCUT2D eigenvalue weighted by atomic mass is 9.91. The van der Waals surface area contributed by atoms with Crippen molar-refractivity contribution < 1.29 is 4.42 Å². The first-order chi connectivity index (χ1) is 24.8. The van der Waals surface area contributed by atoms with Crippen molar-refractivity contribution >= 4 is 85.9 Å². The second kappa shape index (κ2) is 10.6. The normalized spacial score (nSPS) is 12.0. The van der Waals surface area contributed by atoms with Crippen molar-refractivity contribution in [1.29, 1.82) is 0 Å². The Hall–Kier alpha value is -6.36. The highest BCUT2D eigenvalue weighted by Crippen LogP contribution is 2.46. The lowest BCUT2D eigenvalue weighted by Gasteiger charge is -2.13. The zero-order valence-corrected chi connectivity index (χ0v) is 27.5. The molecule has 0 spiro atoms. The molecule has 0 aliphatic heterocycles. The molecular weight excluding hydrogens is 629 g/mol. The van der Waals surface area contributed by atoms with Crippen LogP contribution in [0, 0.1) is 0 Å². The quantitative estimate of drug-likeness (QED) is 0.178. The van der Waals surface area contributed by atoms with Crippen LogP contribution in [0.15, 0.2) is 162 Å². The maximum absolute atomic E-state index is 6.81. The molecule has 11 aromatic rings. The molecule has 0 unspecified atom stereocenters. The number of para-hydroxylation sites is 1. The van der Waals surface area contributed by atoms with Gasteiger partial charge in [0.05, 0.1) is 15.9 Å². The van der Waals surface area contributed by atoms with Crippen LogP contribution in [0.1, 0.15) is 0 Å². The first-order valence-electron chi connectivity index (χ1n) is 16.8. The van der Waals surface area contributed by atoms with E-state index in [-0.39, 0.29) is 0 Å². The molecule has 3 heterocycles. The van der Waals surface area contributed by atoms with Crippen LogP contribution in [0.4, 0.5) is 0 Å². The number of rotatable bonds is 3. The van der Waals surface area contributed by atoms with Crippen LogP contribution in [0.25, 0.3) is 108 Å². The van der Waals surface area contributed by atoms with Gasteiger partial charge in [-0.05, 0) is 74.3 Å². The van der Waals surface area contributed by atoms with E-state index >= 15 is 0 Å². The summed E-state index contributed by atoms with van der Waals surface area (Å²) in [6.45, 7) is 0. The predicted molar refractivity (Wildman–Crippen MR) is 211 cm³/mol. The highest BCUT2D eigenvalue weighted by atomic mass is 32.1. The highest BCUT2D eigenvalue weighted by Gasteiger charge is 2.23. The van der Waals surface area contributed by atoms with E-state index in [1.165, 1.54) is 37.0 Å². The monoisotopic (exact) mass is 654 g/mol. The molecule has 8 aromatic carbocycles. The molecule has 0 amide bonds. The summed E-state index contributed by atoms with van der Waals surface area (Å²) in [5.41, 5.74) is 7.85. The molecule has 3 aromatic heterocycles. The second-order valence-electron chi connectivity index (χ2n) is 12.9. The van der Waals surface area contributed by atoms with Crippen molar-refractivity contribution in [2.24, 2.45) is 0 Å². The summed E-state index contributed by atoms with van der Waals surface area (Å²) in [5, 5.41) is 10.5. The Morgan fingerprint density at radius 3 is 2.02 bits per heavy atom. The number of fused-ring (bicyclic) bond motifs is 10. The number of aromatic nitrogens is 2. The van der Waals surface area contributed by atoms with Gasteiger partial charge in [0.1, 0.15) is 11.2 Å². The maximum Gasteiger partial charge on any atom is 0.161 e. The van der Waals surface area contributed by atoms with E-state index in [4.69, 9.17) is 14.4 Å². The summed E-state index contributed by atoms with van der Waals surface area (Å²) in [7, 11) is 0. The summed E-state index contributed by atoms with van der Waals surface area (Å²) in [6.07, 6.45) is 0. The van der Waals surface area contributed by atoms with Gasteiger partial charge < -0.3 is 4.42 Å². The number of hydrogen-bond donors (Lipinski definition) is 0. The Morgan fingerprint density at radius 1 is 0.460 bits per heavy atom. The third-order valence-corrected chi connectivity index (χ3v) is 11.2. The van der Waals surface area contributed by atoms with Crippen LogP contribution >= 0.6 is 11.3 Å². The van der Waals surface area contributed by atoms with Gasteiger partial charge in [-0.15, -0.1) is 11.3 Å². The number of furan rings is 1. The molecule has 0 aliphatic carbocycles. The minimum absolute atomic E-state index is 0.690. The predicted octanol–water partition coefficient (Wildman–Crippen LogP) is 13.2. The van der Waals surface area contributed by atoms with Gasteiger partial charge in [-0.3, -0.25) is 0 Å². The van der Waals surface area contributed by atoms with Gasteiger partial charge in [-0.2, -0.15) is 0 Å². The first kappa shape index (κ1) is 27.6. The van der Waals surface area contributed by atoms with Gasteiger partial charge in [0.15, 0.2) is 5.82 Å². The topological polar surface area (TPSA) is 38.9 Å². The summed E-state index contributed by atoms with van der Waals surface area (Å²) in [4.78, 5) is 10.8. The van der Waals surface area contributed by atoms with Gasteiger partial charge in [-0.1, -0.05) is 121 Å². The van der Waals surface area contributed by atoms with Crippen LogP contribution < -0.4 is 0 Å². The Kier molecular flexibility index (Phi) is 5.83. The summed E-state index contributed by atoms with van der Waals surface area (Å²) in [6, 6.07) is 56.0. The van der Waals surface area contributed by atoms with Crippen molar-refractivity contribution in [2.75, 3.05) is 0 Å². The second-order valence-corrected chi connectivity index (χ2v) is 13.9. The largest absolute Gasteiger partial charge is 0.455 e. The van der Waals surface area contributed by atoms with E-state index in [9.17, 15) is 0 Å². The van der Waals surface area contributed by atoms with Crippen LogP contribution in [-0.4, -0.2) is 9.97 Å². The van der Waals surface area contributed by atoms with Crippen molar-refractivity contribution in [2.45, 2.75) is 0 Å². The Bertz CT molecular complexity index is 3170. The standard InChI is InChI=1S/C46H26N2OS/c1-2-12-28-25-30(22-21-27(28)11-1)42-45-43(36-18-8-10-20-40(36)50-45)48-46(47-42)37-24-23-34(44-41(37)35-17-7-9-19-39(35)49-44)38-26-29-13-3-4-14-31(29)32-15-5-6-16-33(32)38/h1-26H. The fraction of sp³-hybridized carbons (Fsp3) is 0. The average Bonchev–Trinajstić information content (AvgIpc) is 3.76. The van der Waals surface area contributed by atoms with Crippen LogP contribution in [0.5, 0.6) is 0 Å². The number of hydrogen-bond acceptors (Lipinski definition) is 4. The van der Waals surface area contributed by atoms with Gasteiger partial charge in [0, 0.05) is 37.5 Å². The fourth-order valence-corrected chi connectivity index (χ4v) is 8.90. The summed E-state index contributed by atoms with van der Waals surface area (Å²) < 4.78 is 9.11. The molecule has 0 N–H and O–H groups in total. The van der Waals surface area contributed by atoms with Gasteiger partial charge >= 0.3 is 0 Å². The fourth-order valence-electron chi connectivity index (χ4n) is 7.75. The smallest absolute Gasteiger partial charge is 0.161 e. The Morgan fingerprint density at radius 2 is 1.14 bits per heavy atom. The summed E-state index contributed by atoms with van der Waals surface area (Å²) >= 11 is 1.76. The molecule has 232 valence electrons. The number of nitrogens with zero attached hydrogens (tertiary/aromatic N) is 2. The SMILES string of the molecule is c1ccc2cc(-c3nc(-c4ccc(-c5cc6ccccc6c6ccccc56)c5oc6ccccc6c45)nc4c3sc3ccccc34)ccc2c1. The average molecular weight is 655 g/mol. The molecule has 0 fully saturated rings. The van der Waals surface area contributed by atoms with Crippen molar-refractivity contribution in [1.82, 2.24) is 9.97 Å². The van der Waals surface area contributed by atoms with E-state index in [0.29, 0.717) is 5.82 Å². The molecule has 0 saturated heterocycles. The minimum atomic E-state index is 0.690. The molecule has 0 atom stereocenters. The minimum Gasteiger partial charge on any atom is -0.455 e. The van der Waals surface area contributed by atoms with E-state index < -0.39 is 0 Å². The van der Waals surface area contributed by atoms with Crippen LogP contribution in [0.2, 0.25) is 0 Å². The molecule has 0 aliphatic rings. The first-order valence-corrected chi connectivity index (χ1v) is 17.6. The molecule has 50 heavy (non-hydrogen) atoms. The molecule has 0 saturated carbocycles. The van der Waals surface area contributed by atoms with Crippen LogP contribution in [0.3, 0.4) is 0 Å². The summed E-state index contributed by atoms with van der Waals surface area (Å²) in [5.74, 6) is 0.690. The van der Waals surface area contributed by atoms with Crippen molar-refractivity contribution in [3.05, 3.63) is 158 Å². The van der Waals surface area contributed by atoms with Gasteiger partial charge in [-0.25, -0.2) is 9.97 Å². The van der Waals surface area contributed by atoms with E-state index in [1.54, 1.807) is 11.3 Å². The van der Waals surface area contributed by atoms with Gasteiger partial charge in [0.25, 0.3) is 0 Å². The van der Waals surface area contributed by atoms with Gasteiger partial charge in [0.2, 0.25) is 0 Å². The lowest BCUT2D eigenvalue weighted by molar-refractivity contribution is 0.670. The molecule has 4 heteroatoms. The molecule has 0 bridgehead atoms. The van der Waals surface area contributed by atoms with Crippen LogP contribution in [-0.2, 0) is 0 Å². The van der Waals surface area contributed by atoms with Crippen molar-refractivity contribution in [3.63, 3.8) is 0 Å². The van der Waals surface area contributed by atoms with E-state index in [1.807, 2.05) is 6.07 Å². The third kappa shape index (κ3) is 4.03. The number of thiophene rings is 1.